The number of amides is 1. The first kappa shape index (κ1) is 18.8. The molecule has 0 radical (unpaired) electrons. The van der Waals surface area contributed by atoms with Crippen LogP contribution in [0.25, 0.3) is 0 Å². The Morgan fingerprint density at radius 1 is 1.26 bits per heavy atom. The lowest BCUT2D eigenvalue weighted by atomic mass is 10.0. The predicted molar refractivity (Wildman–Crippen MR) is 101 cm³/mol. The van der Waals surface area contributed by atoms with Crippen LogP contribution in [0.3, 0.4) is 0 Å². The molecule has 3 heterocycles. The van der Waals surface area contributed by atoms with E-state index in [9.17, 15) is 14.4 Å². The second-order valence-electron chi connectivity index (χ2n) is 6.93. The third-order valence-electron chi connectivity index (χ3n) is 4.63. The molecule has 1 aliphatic rings. The van der Waals surface area contributed by atoms with E-state index in [1.165, 1.54) is 22.9 Å². The highest BCUT2D eigenvalue weighted by Crippen LogP contribution is 2.21. The average Bonchev–Trinajstić information content (AvgIpc) is 2.67. The summed E-state index contributed by atoms with van der Waals surface area (Å²) >= 11 is 0. The molecule has 2 aromatic heterocycles. The lowest BCUT2D eigenvalue weighted by Gasteiger charge is -2.36. The van der Waals surface area contributed by atoms with Gasteiger partial charge in [-0.3, -0.25) is 14.4 Å². The molecule has 0 spiro atoms. The van der Waals surface area contributed by atoms with Gasteiger partial charge in [-0.15, -0.1) is 0 Å². The van der Waals surface area contributed by atoms with Crippen LogP contribution in [0.1, 0.15) is 49.6 Å². The molecule has 144 valence electrons. The molecule has 0 bridgehead atoms. The Bertz CT molecular complexity index is 899. The third-order valence-corrected chi connectivity index (χ3v) is 4.63. The summed E-state index contributed by atoms with van der Waals surface area (Å²) in [6, 6.07) is 5.91. The first-order chi connectivity index (χ1) is 13.0. The van der Waals surface area contributed by atoms with Crippen LogP contribution in [0.5, 0.6) is 0 Å². The van der Waals surface area contributed by atoms with Crippen molar-refractivity contribution >= 4 is 11.7 Å². The number of anilines is 1. The maximum atomic E-state index is 12.5. The Morgan fingerprint density at radius 2 is 2.07 bits per heavy atom. The number of H-pyrrole nitrogens is 1. The maximum Gasteiger partial charge on any atom is 0.271 e. The Balaban J connectivity index is 1.69. The molecule has 27 heavy (non-hydrogen) atoms. The van der Waals surface area contributed by atoms with Crippen molar-refractivity contribution < 1.29 is 4.79 Å². The summed E-state index contributed by atoms with van der Waals surface area (Å²) in [5.74, 6) is 0.379. The Labute approximate surface area is 156 Å². The second kappa shape index (κ2) is 8.15. The van der Waals surface area contributed by atoms with Crippen LogP contribution in [0.15, 0.2) is 33.9 Å². The second-order valence-corrected chi connectivity index (χ2v) is 6.93. The van der Waals surface area contributed by atoms with E-state index in [2.05, 4.69) is 25.5 Å². The molecule has 1 amide bonds. The Morgan fingerprint density at radius 3 is 2.78 bits per heavy atom. The van der Waals surface area contributed by atoms with Crippen molar-refractivity contribution in [2.75, 3.05) is 18.0 Å². The van der Waals surface area contributed by atoms with Crippen LogP contribution < -0.4 is 21.3 Å². The number of aromatic amines is 1. The van der Waals surface area contributed by atoms with Gasteiger partial charge in [0.1, 0.15) is 11.5 Å². The summed E-state index contributed by atoms with van der Waals surface area (Å²) in [6.45, 7) is 4.93. The summed E-state index contributed by atoms with van der Waals surface area (Å²) in [6.07, 6.45) is 3.02. The zero-order valence-corrected chi connectivity index (χ0v) is 15.5. The number of nitrogens with zero attached hydrogens (tertiary/aromatic N) is 4. The number of carbonyl (C=O) groups is 1. The first-order valence-electron chi connectivity index (χ1n) is 9.16. The van der Waals surface area contributed by atoms with E-state index >= 15 is 0 Å². The van der Waals surface area contributed by atoms with Gasteiger partial charge in [0.15, 0.2) is 0 Å². The third kappa shape index (κ3) is 4.42. The van der Waals surface area contributed by atoms with Crippen molar-refractivity contribution in [3.05, 3.63) is 50.7 Å². The number of rotatable bonds is 5. The Hall–Kier alpha value is -2.97. The minimum Gasteiger partial charge on any atom is -0.350 e. The average molecular weight is 372 g/mol. The van der Waals surface area contributed by atoms with Crippen LogP contribution >= 0.6 is 0 Å². The van der Waals surface area contributed by atoms with E-state index in [0.29, 0.717) is 12.4 Å². The molecular formula is C18H24N6O3. The van der Waals surface area contributed by atoms with Crippen molar-refractivity contribution in [3.63, 3.8) is 0 Å². The molecule has 0 aromatic carbocycles. The topological polar surface area (TPSA) is 113 Å². The molecule has 2 aromatic rings. The molecule has 9 nitrogen and oxygen atoms in total. The molecule has 9 heteroatoms. The number of piperidine rings is 1. The molecule has 0 saturated carbocycles. The fourth-order valence-corrected chi connectivity index (χ4v) is 3.23. The Kier molecular flexibility index (Phi) is 5.68. The standard InChI is InChI=1S/C18H24N6O3/c1-12(2)24-17(26)9-6-14(22-24)18(27)19-11-13-5-3-4-10-23(13)15-7-8-16(25)21-20-15/h6-9,12-13H,3-5,10-11H2,1-2H3,(H,19,27)(H,21,25). The van der Waals surface area contributed by atoms with E-state index in [1.807, 2.05) is 13.8 Å². The van der Waals surface area contributed by atoms with Gasteiger partial charge < -0.3 is 10.2 Å². The van der Waals surface area contributed by atoms with E-state index < -0.39 is 0 Å². The van der Waals surface area contributed by atoms with Gasteiger partial charge in [0, 0.05) is 31.3 Å². The first-order valence-corrected chi connectivity index (χ1v) is 9.16. The zero-order chi connectivity index (χ0) is 19.4. The highest BCUT2D eigenvalue weighted by molar-refractivity contribution is 5.92. The van der Waals surface area contributed by atoms with Gasteiger partial charge in [-0.2, -0.15) is 10.2 Å². The van der Waals surface area contributed by atoms with Gasteiger partial charge in [-0.1, -0.05) is 0 Å². The van der Waals surface area contributed by atoms with Crippen molar-refractivity contribution in [1.82, 2.24) is 25.3 Å². The van der Waals surface area contributed by atoms with E-state index in [-0.39, 0.29) is 34.8 Å². The molecule has 1 aliphatic heterocycles. The van der Waals surface area contributed by atoms with Crippen molar-refractivity contribution in [3.8, 4) is 0 Å². The van der Waals surface area contributed by atoms with Gasteiger partial charge in [-0.25, -0.2) is 9.78 Å². The molecule has 1 unspecified atom stereocenters. The quantitative estimate of drug-likeness (QED) is 0.799. The summed E-state index contributed by atoms with van der Waals surface area (Å²) in [7, 11) is 0. The minimum absolute atomic E-state index is 0.0807. The number of nitrogens with one attached hydrogen (secondary N) is 2. The molecule has 1 fully saturated rings. The normalized spacial score (nSPS) is 17.1. The zero-order valence-electron chi connectivity index (χ0n) is 15.5. The molecule has 3 rings (SSSR count). The molecule has 1 saturated heterocycles. The van der Waals surface area contributed by atoms with Crippen molar-refractivity contribution in [1.29, 1.82) is 0 Å². The number of aromatic nitrogens is 4. The molecule has 2 N–H and O–H groups in total. The fourth-order valence-electron chi connectivity index (χ4n) is 3.23. The number of hydrogen-bond donors (Lipinski definition) is 2. The highest BCUT2D eigenvalue weighted by atomic mass is 16.2. The van der Waals surface area contributed by atoms with Gasteiger partial charge in [0.2, 0.25) is 0 Å². The smallest absolute Gasteiger partial charge is 0.271 e. The van der Waals surface area contributed by atoms with Gasteiger partial charge in [-0.05, 0) is 45.2 Å². The van der Waals surface area contributed by atoms with E-state index in [0.717, 1.165) is 25.8 Å². The molecular weight excluding hydrogens is 348 g/mol. The van der Waals surface area contributed by atoms with Gasteiger partial charge >= 0.3 is 0 Å². The SMILES string of the molecule is CC(C)n1nc(C(=O)NCC2CCCCN2c2ccc(=O)[nH]n2)ccc1=O. The van der Waals surface area contributed by atoms with Crippen molar-refractivity contribution in [2.24, 2.45) is 0 Å². The number of hydrogen-bond acceptors (Lipinski definition) is 6. The van der Waals surface area contributed by atoms with E-state index in [4.69, 9.17) is 0 Å². The predicted octanol–water partition coefficient (Wildman–Crippen LogP) is 0.696. The van der Waals surface area contributed by atoms with Gasteiger partial charge in [0.05, 0.1) is 6.04 Å². The maximum absolute atomic E-state index is 12.5. The monoisotopic (exact) mass is 372 g/mol. The van der Waals surface area contributed by atoms with Crippen LogP contribution in [-0.2, 0) is 0 Å². The van der Waals surface area contributed by atoms with Crippen LogP contribution in [0.2, 0.25) is 0 Å². The van der Waals surface area contributed by atoms with Crippen LogP contribution in [0, 0.1) is 0 Å². The number of carbonyl (C=O) groups excluding carboxylic acids is 1. The van der Waals surface area contributed by atoms with Crippen molar-refractivity contribution in [2.45, 2.75) is 45.2 Å². The fraction of sp³-hybridized carbons (Fsp3) is 0.500. The minimum atomic E-state index is -0.315. The summed E-state index contributed by atoms with van der Waals surface area (Å²) in [5, 5.41) is 13.6. The molecule has 1 atom stereocenters. The summed E-state index contributed by atoms with van der Waals surface area (Å²) < 4.78 is 1.30. The lowest BCUT2D eigenvalue weighted by molar-refractivity contribution is 0.0941. The van der Waals surface area contributed by atoms with Crippen LogP contribution in [-0.4, -0.2) is 45.0 Å². The lowest BCUT2D eigenvalue weighted by Crippen LogP contribution is -2.47. The largest absolute Gasteiger partial charge is 0.350 e. The van der Waals surface area contributed by atoms with Crippen LogP contribution in [0.4, 0.5) is 5.82 Å². The van der Waals surface area contributed by atoms with E-state index in [1.54, 1.807) is 6.07 Å². The highest BCUT2D eigenvalue weighted by Gasteiger charge is 2.24. The van der Waals surface area contributed by atoms with Gasteiger partial charge in [0.25, 0.3) is 17.0 Å². The summed E-state index contributed by atoms with van der Waals surface area (Å²) in [4.78, 5) is 37.6. The summed E-state index contributed by atoms with van der Waals surface area (Å²) in [5.41, 5.74) is -0.260. The molecule has 0 aliphatic carbocycles.